The first-order chi connectivity index (χ1) is 9.11. The van der Waals surface area contributed by atoms with Gasteiger partial charge < -0.3 is 15.7 Å². The normalized spacial score (nSPS) is 10.0. The van der Waals surface area contributed by atoms with Gasteiger partial charge in [-0.05, 0) is 12.1 Å². The topological polar surface area (TPSA) is 74.2 Å². The van der Waals surface area contributed by atoms with E-state index in [1.807, 2.05) is 0 Å². The number of carbonyl (C=O) groups is 1. The number of benzene rings is 1. The molecule has 1 amide bonds. The number of hydrogen-bond acceptors (Lipinski definition) is 4. The second-order valence-electron chi connectivity index (χ2n) is 3.77. The monoisotopic (exact) mass is 277 g/mol. The Hall–Kier alpha value is -2.27. The quantitative estimate of drug-likeness (QED) is 0.754. The highest BCUT2D eigenvalue weighted by Gasteiger charge is 2.11. The lowest BCUT2D eigenvalue weighted by molar-refractivity contribution is 0.0964. The summed E-state index contributed by atoms with van der Waals surface area (Å²) < 4.78 is 0. The molecule has 0 fully saturated rings. The van der Waals surface area contributed by atoms with Gasteiger partial charge in [0.05, 0.1) is 23.1 Å². The molecule has 1 aromatic carbocycles. The molecule has 3 N–H and O–H groups in total. The minimum Gasteiger partial charge on any atom is -0.504 e. The maximum absolute atomic E-state index is 11.7. The number of nitrogens with zero attached hydrogens (tertiary/aromatic N) is 1. The van der Waals surface area contributed by atoms with Crippen LogP contribution in [0.15, 0.2) is 36.5 Å². The third kappa shape index (κ3) is 2.95. The Kier molecular flexibility index (Phi) is 3.87. The number of nitrogens with one attached hydrogen (secondary N) is 2. The number of amides is 1. The average molecular weight is 278 g/mol. The SMILES string of the molecule is CNC(=O)c1ccccc1Nc1cc(Cl)ncc1O. The number of hydrogen-bond donors (Lipinski definition) is 3. The summed E-state index contributed by atoms with van der Waals surface area (Å²) in [7, 11) is 1.56. The van der Waals surface area contributed by atoms with Gasteiger partial charge in [0.25, 0.3) is 5.91 Å². The van der Waals surface area contributed by atoms with Gasteiger partial charge in [0.1, 0.15) is 5.15 Å². The Labute approximate surface area is 115 Å². The Morgan fingerprint density at radius 2 is 2.05 bits per heavy atom. The molecule has 19 heavy (non-hydrogen) atoms. The summed E-state index contributed by atoms with van der Waals surface area (Å²) in [5.74, 6) is -0.265. The van der Waals surface area contributed by atoms with E-state index in [1.54, 1.807) is 31.3 Å². The number of rotatable bonds is 3. The second kappa shape index (κ2) is 5.58. The Bertz CT molecular complexity index is 617. The summed E-state index contributed by atoms with van der Waals surface area (Å²) in [6.45, 7) is 0. The van der Waals surface area contributed by atoms with Gasteiger partial charge in [-0.25, -0.2) is 4.98 Å². The maximum Gasteiger partial charge on any atom is 0.253 e. The average Bonchev–Trinajstić information content (AvgIpc) is 2.42. The van der Waals surface area contributed by atoms with Crippen LogP contribution >= 0.6 is 11.6 Å². The minimum absolute atomic E-state index is 0.0453. The van der Waals surface area contributed by atoms with Crippen molar-refractivity contribution in [2.45, 2.75) is 0 Å². The molecule has 0 saturated heterocycles. The van der Waals surface area contributed by atoms with E-state index in [9.17, 15) is 9.90 Å². The van der Waals surface area contributed by atoms with Crippen molar-refractivity contribution < 1.29 is 9.90 Å². The van der Waals surface area contributed by atoms with Gasteiger partial charge in [-0.1, -0.05) is 23.7 Å². The fourth-order valence-electron chi connectivity index (χ4n) is 1.59. The highest BCUT2D eigenvalue weighted by molar-refractivity contribution is 6.29. The van der Waals surface area contributed by atoms with Crippen molar-refractivity contribution in [1.82, 2.24) is 10.3 Å². The largest absolute Gasteiger partial charge is 0.504 e. The fourth-order valence-corrected chi connectivity index (χ4v) is 1.75. The van der Waals surface area contributed by atoms with Crippen LogP contribution in [0, 0.1) is 0 Å². The van der Waals surface area contributed by atoms with E-state index in [4.69, 9.17) is 11.6 Å². The standard InChI is InChI=1S/C13H12ClN3O2/c1-15-13(19)8-4-2-3-5-9(8)17-10-6-12(14)16-7-11(10)18/h2-7,18H,1H3,(H,15,19)(H,16,17). The lowest BCUT2D eigenvalue weighted by atomic mass is 10.1. The Morgan fingerprint density at radius 1 is 1.32 bits per heavy atom. The maximum atomic E-state index is 11.7. The van der Waals surface area contributed by atoms with E-state index < -0.39 is 0 Å². The van der Waals surface area contributed by atoms with Crippen LogP contribution in [0.2, 0.25) is 5.15 Å². The lowest BCUT2D eigenvalue weighted by Gasteiger charge is -2.12. The Morgan fingerprint density at radius 3 is 2.79 bits per heavy atom. The first-order valence-corrected chi connectivity index (χ1v) is 5.92. The number of anilines is 2. The van der Waals surface area contributed by atoms with Gasteiger partial charge in [-0.3, -0.25) is 4.79 Å². The van der Waals surface area contributed by atoms with Crippen LogP contribution in [0.1, 0.15) is 10.4 Å². The van der Waals surface area contributed by atoms with Gasteiger partial charge in [0.2, 0.25) is 0 Å². The molecule has 98 valence electrons. The van der Waals surface area contributed by atoms with Crippen molar-refractivity contribution in [1.29, 1.82) is 0 Å². The molecular weight excluding hydrogens is 266 g/mol. The molecule has 1 aromatic heterocycles. The van der Waals surface area contributed by atoms with Crippen molar-refractivity contribution in [3.8, 4) is 5.75 Å². The van der Waals surface area contributed by atoms with Crippen molar-refractivity contribution in [2.24, 2.45) is 0 Å². The lowest BCUT2D eigenvalue weighted by Crippen LogP contribution is -2.19. The van der Waals surface area contributed by atoms with Crippen molar-refractivity contribution >= 4 is 28.9 Å². The molecule has 6 heteroatoms. The first kappa shape index (κ1) is 13.2. The van der Waals surface area contributed by atoms with E-state index in [0.29, 0.717) is 16.9 Å². The molecule has 5 nitrogen and oxygen atoms in total. The van der Waals surface area contributed by atoms with Crippen molar-refractivity contribution in [2.75, 3.05) is 12.4 Å². The third-order valence-electron chi connectivity index (χ3n) is 2.52. The van der Waals surface area contributed by atoms with Crippen LogP contribution in [0.25, 0.3) is 0 Å². The van der Waals surface area contributed by atoms with Gasteiger partial charge in [0.15, 0.2) is 5.75 Å². The number of aromatic hydroxyl groups is 1. The molecule has 0 radical (unpaired) electrons. The molecule has 0 atom stereocenters. The van der Waals surface area contributed by atoms with Gasteiger partial charge >= 0.3 is 0 Å². The van der Waals surface area contributed by atoms with Gasteiger partial charge in [-0.2, -0.15) is 0 Å². The first-order valence-electron chi connectivity index (χ1n) is 5.54. The number of para-hydroxylation sites is 1. The summed E-state index contributed by atoms with van der Waals surface area (Å²) in [6.07, 6.45) is 1.24. The summed E-state index contributed by atoms with van der Waals surface area (Å²) in [5, 5.41) is 15.5. The van der Waals surface area contributed by atoms with Crippen LogP contribution in [0.5, 0.6) is 5.75 Å². The van der Waals surface area contributed by atoms with Crippen LogP contribution in [0.3, 0.4) is 0 Å². The zero-order valence-corrected chi connectivity index (χ0v) is 10.9. The summed E-state index contributed by atoms with van der Waals surface area (Å²) >= 11 is 5.77. The summed E-state index contributed by atoms with van der Waals surface area (Å²) in [6, 6.07) is 8.45. The highest BCUT2D eigenvalue weighted by atomic mass is 35.5. The van der Waals surface area contributed by atoms with E-state index in [0.717, 1.165) is 0 Å². The smallest absolute Gasteiger partial charge is 0.253 e. The molecule has 2 aromatic rings. The molecular formula is C13H12ClN3O2. The predicted octanol–water partition coefficient (Wildman–Crippen LogP) is 2.54. The molecule has 0 aliphatic carbocycles. The molecule has 0 saturated carbocycles. The van der Waals surface area contributed by atoms with Gasteiger partial charge in [-0.15, -0.1) is 0 Å². The van der Waals surface area contributed by atoms with Crippen molar-refractivity contribution in [3.05, 3.63) is 47.2 Å². The number of halogens is 1. The third-order valence-corrected chi connectivity index (χ3v) is 2.72. The number of aromatic nitrogens is 1. The van der Waals surface area contributed by atoms with E-state index in [2.05, 4.69) is 15.6 Å². The number of carbonyl (C=O) groups excluding carboxylic acids is 1. The summed E-state index contributed by atoms with van der Waals surface area (Å²) in [5.41, 5.74) is 1.42. The van der Waals surface area contributed by atoms with Crippen LogP contribution in [-0.4, -0.2) is 23.0 Å². The van der Waals surface area contributed by atoms with Crippen LogP contribution in [-0.2, 0) is 0 Å². The molecule has 0 aliphatic heterocycles. The minimum atomic E-state index is -0.220. The van der Waals surface area contributed by atoms with Gasteiger partial charge in [0, 0.05) is 13.1 Å². The molecule has 0 spiro atoms. The van der Waals surface area contributed by atoms with Crippen LogP contribution in [0.4, 0.5) is 11.4 Å². The number of pyridine rings is 1. The molecule has 0 aliphatic rings. The van der Waals surface area contributed by atoms with E-state index in [-0.39, 0.29) is 16.8 Å². The predicted molar refractivity (Wildman–Crippen MR) is 74.0 cm³/mol. The zero-order chi connectivity index (χ0) is 13.8. The second-order valence-corrected chi connectivity index (χ2v) is 4.16. The van der Waals surface area contributed by atoms with Crippen LogP contribution < -0.4 is 10.6 Å². The van der Waals surface area contributed by atoms with Crippen molar-refractivity contribution in [3.63, 3.8) is 0 Å². The molecule has 1 heterocycles. The van der Waals surface area contributed by atoms with E-state index >= 15 is 0 Å². The molecule has 0 bridgehead atoms. The molecule has 2 rings (SSSR count). The molecule has 0 unspecified atom stereocenters. The Balaban J connectivity index is 2.38. The van der Waals surface area contributed by atoms with E-state index in [1.165, 1.54) is 12.3 Å². The summed E-state index contributed by atoms with van der Waals surface area (Å²) in [4.78, 5) is 15.5. The zero-order valence-electron chi connectivity index (χ0n) is 10.1. The highest BCUT2D eigenvalue weighted by Crippen LogP contribution is 2.29. The fraction of sp³-hybridized carbons (Fsp3) is 0.0769.